The largest absolute Gasteiger partial charge is 0.396 e. The van der Waals surface area contributed by atoms with E-state index in [0.29, 0.717) is 12.5 Å². The molecule has 0 unspecified atom stereocenters. The molecule has 0 aliphatic carbocycles. The number of hydrogen-bond acceptors (Lipinski definition) is 2. The molecule has 60 valence electrons. The number of aliphatic hydroxyl groups is 1. The molecular weight excluding hydrogens is 126 g/mol. The summed E-state index contributed by atoms with van der Waals surface area (Å²) in [6.07, 6.45) is 4.85. The van der Waals surface area contributed by atoms with Crippen LogP contribution >= 0.6 is 0 Å². The van der Waals surface area contributed by atoms with E-state index in [1.807, 2.05) is 0 Å². The maximum atomic E-state index is 8.89. The fraction of sp³-hybridized carbons (Fsp3) is 1.00. The van der Waals surface area contributed by atoms with Gasteiger partial charge in [-0.2, -0.15) is 0 Å². The fourth-order valence-electron chi connectivity index (χ4n) is 1.48. The Hall–Kier alpha value is -0.0800. The van der Waals surface area contributed by atoms with Gasteiger partial charge in [0.15, 0.2) is 0 Å². The predicted molar refractivity (Wildman–Crippen MR) is 41.9 cm³/mol. The molecule has 0 aromatic heterocycles. The van der Waals surface area contributed by atoms with Crippen LogP contribution in [0.25, 0.3) is 0 Å². The van der Waals surface area contributed by atoms with Crippen LogP contribution in [-0.4, -0.2) is 24.8 Å². The lowest BCUT2D eigenvalue weighted by Crippen LogP contribution is -2.22. The van der Waals surface area contributed by atoms with Crippen LogP contribution < -0.4 is 5.32 Å². The van der Waals surface area contributed by atoms with E-state index in [0.717, 1.165) is 13.1 Å². The van der Waals surface area contributed by atoms with Crippen molar-refractivity contribution >= 4 is 0 Å². The second kappa shape index (κ2) is 4.69. The summed E-state index contributed by atoms with van der Waals surface area (Å²) in [6, 6.07) is 0. The standard InChI is InChI=1S/C8H17NO/c10-7-8-3-1-5-9-6-2-4-8/h8-10H,1-7H2. The number of nitrogens with one attached hydrogen (secondary N) is 1. The van der Waals surface area contributed by atoms with E-state index in [-0.39, 0.29) is 0 Å². The molecular formula is C8H17NO. The SMILES string of the molecule is OCC1CCCNCCC1. The Morgan fingerprint density at radius 3 is 2.30 bits per heavy atom. The van der Waals surface area contributed by atoms with Crippen LogP contribution in [0.15, 0.2) is 0 Å². The van der Waals surface area contributed by atoms with Gasteiger partial charge < -0.3 is 10.4 Å². The zero-order chi connectivity index (χ0) is 7.23. The van der Waals surface area contributed by atoms with Gasteiger partial charge in [0.2, 0.25) is 0 Å². The minimum atomic E-state index is 0.389. The van der Waals surface area contributed by atoms with Crippen LogP contribution in [0, 0.1) is 5.92 Å². The van der Waals surface area contributed by atoms with Crippen molar-refractivity contribution in [1.82, 2.24) is 5.32 Å². The van der Waals surface area contributed by atoms with Gasteiger partial charge in [0.1, 0.15) is 0 Å². The molecule has 1 aliphatic rings. The highest BCUT2D eigenvalue weighted by molar-refractivity contribution is 4.63. The first-order valence-electron chi connectivity index (χ1n) is 4.25. The average Bonchev–Trinajstić information content (AvgIpc) is 1.87. The molecule has 2 N–H and O–H groups in total. The Morgan fingerprint density at radius 2 is 1.80 bits per heavy atom. The van der Waals surface area contributed by atoms with Crippen molar-refractivity contribution in [2.45, 2.75) is 25.7 Å². The summed E-state index contributed by atoms with van der Waals surface area (Å²) >= 11 is 0. The van der Waals surface area contributed by atoms with Gasteiger partial charge in [-0.1, -0.05) is 0 Å². The summed E-state index contributed by atoms with van der Waals surface area (Å²) in [5, 5.41) is 12.2. The minimum absolute atomic E-state index is 0.389. The van der Waals surface area contributed by atoms with E-state index >= 15 is 0 Å². The topological polar surface area (TPSA) is 32.3 Å². The van der Waals surface area contributed by atoms with Gasteiger partial charge in [-0.15, -0.1) is 0 Å². The van der Waals surface area contributed by atoms with Crippen LogP contribution in [0.4, 0.5) is 0 Å². The Kier molecular flexibility index (Phi) is 3.76. The normalized spacial score (nSPS) is 23.7. The second-order valence-electron chi connectivity index (χ2n) is 3.08. The number of aliphatic hydroxyl groups excluding tert-OH is 1. The first kappa shape index (κ1) is 8.02. The molecule has 0 aromatic carbocycles. The van der Waals surface area contributed by atoms with E-state index in [9.17, 15) is 0 Å². The molecule has 0 radical (unpaired) electrons. The third-order valence-electron chi connectivity index (χ3n) is 2.19. The molecule has 0 spiro atoms. The van der Waals surface area contributed by atoms with Crippen molar-refractivity contribution in [1.29, 1.82) is 0 Å². The lowest BCUT2D eigenvalue weighted by molar-refractivity contribution is 0.201. The molecule has 0 atom stereocenters. The predicted octanol–water partition coefficient (Wildman–Crippen LogP) is 0.758. The van der Waals surface area contributed by atoms with Gasteiger partial charge >= 0.3 is 0 Å². The van der Waals surface area contributed by atoms with E-state index in [2.05, 4.69) is 5.32 Å². The number of hydrogen-bond donors (Lipinski definition) is 2. The molecule has 0 amide bonds. The van der Waals surface area contributed by atoms with Crippen molar-refractivity contribution in [2.75, 3.05) is 19.7 Å². The van der Waals surface area contributed by atoms with Crippen molar-refractivity contribution in [3.8, 4) is 0 Å². The Bertz CT molecular complexity index is 77.3. The highest BCUT2D eigenvalue weighted by Crippen LogP contribution is 2.13. The molecule has 2 heteroatoms. The maximum absolute atomic E-state index is 8.89. The molecule has 1 saturated heterocycles. The minimum Gasteiger partial charge on any atom is -0.396 e. The highest BCUT2D eigenvalue weighted by Gasteiger charge is 2.08. The van der Waals surface area contributed by atoms with Crippen molar-refractivity contribution in [3.63, 3.8) is 0 Å². The number of rotatable bonds is 1. The summed E-state index contributed by atoms with van der Waals surface area (Å²) in [6.45, 7) is 2.66. The van der Waals surface area contributed by atoms with Gasteiger partial charge in [0.05, 0.1) is 0 Å². The van der Waals surface area contributed by atoms with Crippen LogP contribution in [0.5, 0.6) is 0 Å². The fourth-order valence-corrected chi connectivity index (χ4v) is 1.48. The lowest BCUT2D eigenvalue weighted by atomic mass is 9.97. The molecule has 1 aliphatic heterocycles. The molecule has 1 fully saturated rings. The quantitative estimate of drug-likeness (QED) is 0.568. The van der Waals surface area contributed by atoms with E-state index in [1.54, 1.807) is 0 Å². The third kappa shape index (κ3) is 2.67. The average molecular weight is 143 g/mol. The zero-order valence-corrected chi connectivity index (χ0v) is 6.47. The van der Waals surface area contributed by atoms with Crippen molar-refractivity contribution < 1.29 is 5.11 Å². The molecule has 0 aromatic rings. The van der Waals surface area contributed by atoms with Gasteiger partial charge in [0.25, 0.3) is 0 Å². The summed E-state index contributed by atoms with van der Waals surface area (Å²) in [5.74, 6) is 0.585. The highest BCUT2D eigenvalue weighted by atomic mass is 16.3. The van der Waals surface area contributed by atoms with Gasteiger partial charge in [0, 0.05) is 6.61 Å². The van der Waals surface area contributed by atoms with E-state index < -0.39 is 0 Å². The Labute approximate surface area is 62.6 Å². The maximum Gasteiger partial charge on any atom is 0.0459 e. The molecule has 0 saturated carbocycles. The molecule has 2 nitrogen and oxygen atoms in total. The van der Waals surface area contributed by atoms with Crippen LogP contribution in [-0.2, 0) is 0 Å². The molecule has 1 heterocycles. The lowest BCUT2D eigenvalue weighted by Gasteiger charge is -2.17. The Morgan fingerprint density at radius 1 is 1.20 bits per heavy atom. The summed E-state index contributed by atoms with van der Waals surface area (Å²) < 4.78 is 0. The van der Waals surface area contributed by atoms with Crippen LogP contribution in [0.2, 0.25) is 0 Å². The van der Waals surface area contributed by atoms with Crippen molar-refractivity contribution in [3.05, 3.63) is 0 Å². The summed E-state index contributed by atoms with van der Waals surface area (Å²) in [4.78, 5) is 0. The molecule has 0 bridgehead atoms. The monoisotopic (exact) mass is 143 g/mol. The van der Waals surface area contributed by atoms with Crippen LogP contribution in [0.3, 0.4) is 0 Å². The Balaban J connectivity index is 2.16. The smallest absolute Gasteiger partial charge is 0.0459 e. The van der Waals surface area contributed by atoms with E-state index in [1.165, 1.54) is 25.7 Å². The third-order valence-corrected chi connectivity index (χ3v) is 2.19. The van der Waals surface area contributed by atoms with Crippen molar-refractivity contribution in [2.24, 2.45) is 5.92 Å². The first-order valence-corrected chi connectivity index (χ1v) is 4.25. The molecule has 1 rings (SSSR count). The summed E-state index contributed by atoms with van der Waals surface area (Å²) in [7, 11) is 0. The van der Waals surface area contributed by atoms with Gasteiger partial charge in [-0.05, 0) is 44.7 Å². The summed E-state index contributed by atoms with van der Waals surface area (Å²) in [5.41, 5.74) is 0. The molecule has 10 heavy (non-hydrogen) atoms. The van der Waals surface area contributed by atoms with Gasteiger partial charge in [-0.3, -0.25) is 0 Å². The first-order chi connectivity index (χ1) is 4.93. The zero-order valence-electron chi connectivity index (χ0n) is 6.47. The van der Waals surface area contributed by atoms with E-state index in [4.69, 9.17) is 5.11 Å². The van der Waals surface area contributed by atoms with Crippen LogP contribution in [0.1, 0.15) is 25.7 Å². The second-order valence-corrected chi connectivity index (χ2v) is 3.08. The van der Waals surface area contributed by atoms with Gasteiger partial charge in [-0.25, -0.2) is 0 Å².